The molecule has 0 saturated carbocycles. The average Bonchev–Trinajstić information content (AvgIpc) is 2.04. The fourth-order valence-corrected chi connectivity index (χ4v) is 1.12. The van der Waals surface area contributed by atoms with Crippen LogP contribution in [0.4, 0.5) is 0 Å². The average molecular weight is 235 g/mol. The van der Waals surface area contributed by atoms with Crippen molar-refractivity contribution in [2.24, 2.45) is 0 Å². The highest BCUT2D eigenvalue weighted by molar-refractivity contribution is 6.57. The SMILES string of the molecule is O=C(C=C(Cl)Cl)c1ccc(Cl)cc1. The van der Waals surface area contributed by atoms with Gasteiger partial charge in [-0.3, -0.25) is 4.79 Å². The van der Waals surface area contributed by atoms with Crippen LogP contribution in [0.2, 0.25) is 5.02 Å². The minimum atomic E-state index is -0.239. The second-order valence-corrected chi connectivity index (χ2v) is 3.75. The van der Waals surface area contributed by atoms with Crippen LogP contribution in [-0.4, -0.2) is 5.78 Å². The number of allylic oxidation sites excluding steroid dienone is 1. The maximum atomic E-state index is 11.3. The molecule has 1 aromatic carbocycles. The highest BCUT2D eigenvalue weighted by Crippen LogP contribution is 2.13. The molecule has 0 aliphatic carbocycles. The maximum Gasteiger partial charge on any atom is 0.188 e. The lowest BCUT2D eigenvalue weighted by Crippen LogP contribution is -1.93. The third kappa shape index (κ3) is 3.39. The van der Waals surface area contributed by atoms with Crippen molar-refractivity contribution in [2.45, 2.75) is 0 Å². The van der Waals surface area contributed by atoms with Crippen LogP contribution in [-0.2, 0) is 0 Å². The molecule has 0 radical (unpaired) electrons. The van der Waals surface area contributed by atoms with E-state index in [1.807, 2.05) is 0 Å². The van der Waals surface area contributed by atoms with Gasteiger partial charge in [0.2, 0.25) is 0 Å². The van der Waals surface area contributed by atoms with Crippen molar-refractivity contribution in [1.29, 1.82) is 0 Å². The first-order valence-electron chi connectivity index (χ1n) is 3.42. The molecule has 0 N–H and O–H groups in total. The number of halogens is 3. The molecule has 0 bridgehead atoms. The predicted molar refractivity (Wildman–Crippen MR) is 55.6 cm³/mol. The van der Waals surface area contributed by atoms with Crippen LogP contribution in [0.25, 0.3) is 0 Å². The Kier molecular flexibility index (Phi) is 3.79. The van der Waals surface area contributed by atoms with Gasteiger partial charge in [-0.1, -0.05) is 34.8 Å². The number of hydrogen-bond donors (Lipinski definition) is 0. The van der Waals surface area contributed by atoms with Crippen molar-refractivity contribution in [3.05, 3.63) is 45.4 Å². The van der Waals surface area contributed by atoms with Crippen LogP contribution in [0.1, 0.15) is 10.4 Å². The Hall–Kier alpha value is -0.500. The summed E-state index contributed by atoms with van der Waals surface area (Å²) in [7, 11) is 0. The van der Waals surface area contributed by atoms with E-state index in [1.54, 1.807) is 24.3 Å². The number of carbonyl (C=O) groups is 1. The van der Waals surface area contributed by atoms with E-state index in [0.29, 0.717) is 10.6 Å². The second-order valence-electron chi connectivity index (χ2n) is 2.31. The molecule has 1 rings (SSSR count). The molecule has 0 aliphatic rings. The zero-order valence-electron chi connectivity index (χ0n) is 6.43. The summed E-state index contributed by atoms with van der Waals surface area (Å²) >= 11 is 16.3. The molecule has 1 aromatic rings. The van der Waals surface area contributed by atoms with Gasteiger partial charge in [0, 0.05) is 16.7 Å². The van der Waals surface area contributed by atoms with Crippen molar-refractivity contribution in [2.75, 3.05) is 0 Å². The summed E-state index contributed by atoms with van der Waals surface area (Å²) in [5.74, 6) is -0.239. The van der Waals surface area contributed by atoms with Gasteiger partial charge >= 0.3 is 0 Å². The van der Waals surface area contributed by atoms with Crippen LogP contribution in [0.3, 0.4) is 0 Å². The molecule has 0 saturated heterocycles. The maximum absolute atomic E-state index is 11.3. The standard InChI is InChI=1S/C9H5Cl3O/c10-7-3-1-6(2-4-7)8(13)5-9(11)12/h1-5H. The molecule has 0 aromatic heterocycles. The molecule has 13 heavy (non-hydrogen) atoms. The molecule has 0 heterocycles. The van der Waals surface area contributed by atoms with Crippen molar-refractivity contribution in [3.63, 3.8) is 0 Å². The van der Waals surface area contributed by atoms with E-state index < -0.39 is 0 Å². The van der Waals surface area contributed by atoms with Gasteiger partial charge in [-0.2, -0.15) is 0 Å². The number of carbonyl (C=O) groups excluding carboxylic acids is 1. The fourth-order valence-electron chi connectivity index (χ4n) is 0.797. The third-order valence-electron chi connectivity index (χ3n) is 1.37. The van der Waals surface area contributed by atoms with E-state index in [9.17, 15) is 4.79 Å². The lowest BCUT2D eigenvalue weighted by atomic mass is 10.1. The number of ketones is 1. The van der Waals surface area contributed by atoms with E-state index in [4.69, 9.17) is 34.8 Å². The molecule has 0 aliphatic heterocycles. The molecule has 0 spiro atoms. The summed E-state index contributed by atoms with van der Waals surface area (Å²) < 4.78 is -0.0556. The van der Waals surface area contributed by atoms with Gasteiger partial charge in [-0.25, -0.2) is 0 Å². The zero-order valence-corrected chi connectivity index (χ0v) is 8.70. The molecule has 0 fully saturated rings. The summed E-state index contributed by atoms with van der Waals surface area (Å²) in [4.78, 5) is 11.3. The fraction of sp³-hybridized carbons (Fsp3) is 0. The summed E-state index contributed by atoms with van der Waals surface area (Å²) in [5.41, 5.74) is 0.503. The Morgan fingerprint density at radius 3 is 2.15 bits per heavy atom. The first kappa shape index (κ1) is 10.6. The van der Waals surface area contributed by atoms with Crippen LogP contribution in [0.5, 0.6) is 0 Å². The van der Waals surface area contributed by atoms with E-state index in [1.165, 1.54) is 0 Å². The quantitative estimate of drug-likeness (QED) is 0.562. The first-order chi connectivity index (χ1) is 6.09. The van der Waals surface area contributed by atoms with Gasteiger partial charge in [0.05, 0.1) is 0 Å². The van der Waals surface area contributed by atoms with Crippen molar-refractivity contribution < 1.29 is 4.79 Å². The molecule has 0 atom stereocenters. The molecule has 4 heteroatoms. The van der Waals surface area contributed by atoms with Gasteiger partial charge in [0.25, 0.3) is 0 Å². The topological polar surface area (TPSA) is 17.1 Å². The Morgan fingerprint density at radius 1 is 1.15 bits per heavy atom. The molecule has 68 valence electrons. The normalized spacial score (nSPS) is 9.46. The summed E-state index contributed by atoms with van der Waals surface area (Å²) in [5, 5.41) is 0.581. The van der Waals surface area contributed by atoms with E-state index in [0.717, 1.165) is 6.08 Å². The Bertz CT molecular complexity index is 336. The minimum Gasteiger partial charge on any atom is -0.289 e. The van der Waals surface area contributed by atoms with Crippen molar-refractivity contribution in [1.82, 2.24) is 0 Å². The first-order valence-corrected chi connectivity index (χ1v) is 4.55. The molecule has 1 nitrogen and oxygen atoms in total. The Labute approximate surface area is 90.9 Å². The van der Waals surface area contributed by atoms with E-state index in [-0.39, 0.29) is 10.3 Å². The summed E-state index contributed by atoms with van der Waals surface area (Å²) in [6.07, 6.45) is 1.15. The van der Waals surface area contributed by atoms with Crippen molar-refractivity contribution in [3.8, 4) is 0 Å². The molecular formula is C9H5Cl3O. The van der Waals surface area contributed by atoms with Crippen molar-refractivity contribution >= 4 is 40.6 Å². The third-order valence-corrected chi connectivity index (χ3v) is 1.84. The number of benzene rings is 1. The monoisotopic (exact) mass is 234 g/mol. The van der Waals surface area contributed by atoms with Crippen LogP contribution >= 0.6 is 34.8 Å². The summed E-state index contributed by atoms with van der Waals surface area (Å²) in [6.45, 7) is 0. The van der Waals surface area contributed by atoms with Gasteiger partial charge in [0.15, 0.2) is 5.78 Å². The van der Waals surface area contributed by atoms with Crippen LogP contribution in [0, 0.1) is 0 Å². The second kappa shape index (κ2) is 4.66. The Morgan fingerprint density at radius 2 is 1.69 bits per heavy atom. The molecule has 0 amide bonds. The van der Waals surface area contributed by atoms with Crippen LogP contribution < -0.4 is 0 Å². The zero-order chi connectivity index (χ0) is 9.84. The number of hydrogen-bond acceptors (Lipinski definition) is 1. The van der Waals surface area contributed by atoms with Gasteiger partial charge in [0.1, 0.15) is 4.49 Å². The highest BCUT2D eigenvalue weighted by Gasteiger charge is 2.02. The molecule has 0 unspecified atom stereocenters. The smallest absolute Gasteiger partial charge is 0.188 e. The lowest BCUT2D eigenvalue weighted by Gasteiger charge is -1.94. The highest BCUT2D eigenvalue weighted by atomic mass is 35.5. The van der Waals surface area contributed by atoms with Gasteiger partial charge in [-0.05, 0) is 24.3 Å². The van der Waals surface area contributed by atoms with E-state index >= 15 is 0 Å². The lowest BCUT2D eigenvalue weighted by molar-refractivity contribution is 0.104. The summed E-state index contributed by atoms with van der Waals surface area (Å²) in [6, 6.07) is 6.48. The van der Waals surface area contributed by atoms with E-state index in [2.05, 4.69) is 0 Å². The van der Waals surface area contributed by atoms with Gasteiger partial charge < -0.3 is 0 Å². The number of rotatable bonds is 2. The van der Waals surface area contributed by atoms with Gasteiger partial charge in [-0.15, -0.1) is 0 Å². The minimum absolute atomic E-state index is 0.0556. The largest absolute Gasteiger partial charge is 0.289 e. The van der Waals surface area contributed by atoms with Crippen LogP contribution in [0.15, 0.2) is 34.8 Å². The Balaban J connectivity index is 2.90. The molecular weight excluding hydrogens is 230 g/mol. The predicted octanol–water partition coefficient (Wildman–Crippen LogP) is 3.84.